The first-order valence-corrected chi connectivity index (χ1v) is 10.5. The van der Waals surface area contributed by atoms with Gasteiger partial charge in [-0.25, -0.2) is 9.59 Å². The van der Waals surface area contributed by atoms with Crippen molar-refractivity contribution < 1.29 is 28.7 Å². The van der Waals surface area contributed by atoms with Crippen molar-refractivity contribution in [3.8, 4) is 0 Å². The molecule has 0 aromatic rings. The number of esters is 1. The number of ether oxygens (including phenoxy) is 2. The van der Waals surface area contributed by atoms with Crippen LogP contribution in [-0.2, 0) is 23.9 Å². The van der Waals surface area contributed by atoms with Gasteiger partial charge in [-0.2, -0.15) is 0 Å². The van der Waals surface area contributed by atoms with Crippen molar-refractivity contribution in [2.45, 2.75) is 65.1 Å². The van der Waals surface area contributed by atoms with E-state index in [0.717, 1.165) is 0 Å². The number of hydrogen-bond donors (Lipinski definition) is 2. The Balaban J connectivity index is 1.75. The largest absolute Gasteiger partial charge is 0.467 e. The second-order valence-electron chi connectivity index (χ2n) is 10.1. The number of hydrogen-bond acceptors (Lipinski definition) is 6. The number of carbonyl (C=O) groups excluding carboxylic acids is 4. The summed E-state index contributed by atoms with van der Waals surface area (Å²) in [6, 6.07) is -1.66. The van der Waals surface area contributed by atoms with Gasteiger partial charge < -0.3 is 20.1 Å². The lowest BCUT2D eigenvalue weighted by atomic mass is 9.97. The van der Waals surface area contributed by atoms with Crippen LogP contribution in [-0.4, -0.2) is 66.7 Å². The van der Waals surface area contributed by atoms with Crippen LogP contribution in [0.15, 0.2) is 0 Å². The van der Waals surface area contributed by atoms with Crippen molar-refractivity contribution >= 4 is 23.9 Å². The minimum absolute atomic E-state index is 0.00176. The van der Waals surface area contributed by atoms with E-state index in [-0.39, 0.29) is 35.5 Å². The highest BCUT2D eigenvalue weighted by Gasteiger charge is 2.69. The molecular formula is C21H33N3O6. The Morgan fingerprint density at radius 3 is 2.50 bits per heavy atom. The second-order valence-corrected chi connectivity index (χ2v) is 10.1. The van der Waals surface area contributed by atoms with Crippen LogP contribution in [0.3, 0.4) is 0 Å². The maximum Gasteiger partial charge on any atom is 0.410 e. The lowest BCUT2D eigenvalue weighted by molar-refractivity contribution is -0.146. The maximum atomic E-state index is 13.3. The van der Waals surface area contributed by atoms with E-state index in [9.17, 15) is 19.2 Å². The van der Waals surface area contributed by atoms with Crippen LogP contribution in [0.5, 0.6) is 0 Å². The smallest absolute Gasteiger partial charge is 0.410 e. The van der Waals surface area contributed by atoms with Gasteiger partial charge in [-0.15, -0.1) is 0 Å². The number of nitrogens with zero attached hydrogens (tertiary/aromatic N) is 1. The highest BCUT2D eigenvalue weighted by molar-refractivity contribution is 5.91. The molecule has 168 valence electrons. The summed E-state index contributed by atoms with van der Waals surface area (Å²) in [4.78, 5) is 51.7. The van der Waals surface area contributed by atoms with Crippen LogP contribution < -0.4 is 10.6 Å². The third-order valence-corrected chi connectivity index (χ3v) is 6.59. The summed E-state index contributed by atoms with van der Waals surface area (Å²) >= 11 is 0. The summed E-state index contributed by atoms with van der Waals surface area (Å²) in [5.41, 5.74) is -0.739. The van der Waals surface area contributed by atoms with Gasteiger partial charge in [0.15, 0.2) is 0 Å². The molecule has 5 atom stereocenters. The average Bonchev–Trinajstić information content (AvgIpc) is 3.01. The number of rotatable bonds is 5. The lowest BCUT2D eigenvalue weighted by Crippen LogP contribution is -2.54. The van der Waals surface area contributed by atoms with Gasteiger partial charge in [0.05, 0.1) is 7.11 Å². The zero-order valence-electron chi connectivity index (χ0n) is 18.6. The molecule has 0 spiro atoms. The van der Waals surface area contributed by atoms with Crippen LogP contribution in [0.25, 0.3) is 0 Å². The number of nitrogens with one attached hydrogen (secondary N) is 2. The van der Waals surface area contributed by atoms with E-state index in [2.05, 4.69) is 24.5 Å². The Hall–Kier alpha value is -2.32. The zero-order valence-corrected chi connectivity index (χ0v) is 18.6. The van der Waals surface area contributed by atoms with Gasteiger partial charge in [0.1, 0.15) is 17.7 Å². The third kappa shape index (κ3) is 4.25. The normalized spacial score (nSPS) is 30.2. The Morgan fingerprint density at radius 2 is 1.97 bits per heavy atom. The molecule has 9 nitrogen and oxygen atoms in total. The van der Waals surface area contributed by atoms with E-state index in [1.165, 1.54) is 12.0 Å². The van der Waals surface area contributed by atoms with Gasteiger partial charge in [0.2, 0.25) is 11.8 Å². The predicted octanol–water partition coefficient (Wildman–Crippen LogP) is 1.06. The van der Waals surface area contributed by atoms with E-state index in [1.54, 1.807) is 20.8 Å². The maximum absolute atomic E-state index is 13.3. The molecule has 9 heteroatoms. The van der Waals surface area contributed by atoms with Crippen LogP contribution in [0.4, 0.5) is 4.79 Å². The first-order chi connectivity index (χ1) is 13.9. The Kier molecular flexibility index (Phi) is 5.77. The molecule has 3 aliphatic rings. The average molecular weight is 424 g/mol. The topological polar surface area (TPSA) is 114 Å². The summed E-state index contributed by atoms with van der Waals surface area (Å²) in [5, 5.41) is 5.49. The lowest BCUT2D eigenvalue weighted by Gasteiger charge is -2.32. The first kappa shape index (κ1) is 22.4. The first-order valence-electron chi connectivity index (χ1n) is 10.5. The highest BCUT2D eigenvalue weighted by Crippen LogP contribution is 2.65. The standard InChI is InChI=1S/C21H33N3O6/c1-20(2,3)30-19(28)24-10-12-14(21(12,4)5)15(24)17(26)23-13(18(27)29-6)9-11-7-8-22-16(11)25/h11-15H,7-10H2,1-6H3,(H,22,25)(H,23,26)/t11?,12-,13?,14+,15-/m0/s1. The molecular weight excluding hydrogens is 390 g/mol. The molecule has 0 radical (unpaired) electrons. The predicted molar refractivity (Wildman–Crippen MR) is 107 cm³/mol. The summed E-state index contributed by atoms with van der Waals surface area (Å²) in [6.45, 7) is 10.5. The second kappa shape index (κ2) is 7.74. The van der Waals surface area contributed by atoms with Gasteiger partial charge in [0, 0.05) is 19.0 Å². The summed E-state index contributed by atoms with van der Waals surface area (Å²) in [5.74, 6) is -1.29. The summed E-state index contributed by atoms with van der Waals surface area (Å²) in [6.07, 6.45) is 0.240. The van der Waals surface area contributed by atoms with E-state index in [1.807, 2.05) is 0 Å². The molecule has 2 N–H and O–H groups in total. The van der Waals surface area contributed by atoms with E-state index in [0.29, 0.717) is 19.5 Å². The minimum atomic E-state index is -0.947. The van der Waals surface area contributed by atoms with Gasteiger partial charge in [-0.05, 0) is 50.9 Å². The number of carbonyl (C=O) groups is 4. The van der Waals surface area contributed by atoms with Crippen molar-refractivity contribution in [3.05, 3.63) is 0 Å². The molecule has 1 aliphatic carbocycles. The van der Waals surface area contributed by atoms with Crippen LogP contribution in [0, 0.1) is 23.2 Å². The van der Waals surface area contributed by atoms with Crippen LogP contribution in [0.1, 0.15) is 47.5 Å². The Morgan fingerprint density at radius 1 is 1.30 bits per heavy atom. The Bertz CT molecular complexity index is 744. The molecule has 0 aromatic carbocycles. The van der Waals surface area contributed by atoms with Crippen molar-refractivity contribution in [2.24, 2.45) is 23.2 Å². The van der Waals surface area contributed by atoms with Crippen molar-refractivity contribution in [2.75, 3.05) is 20.2 Å². The summed E-state index contributed by atoms with van der Waals surface area (Å²) in [7, 11) is 1.25. The monoisotopic (exact) mass is 423 g/mol. The van der Waals surface area contributed by atoms with E-state index >= 15 is 0 Å². The van der Waals surface area contributed by atoms with Gasteiger partial charge in [-0.1, -0.05) is 13.8 Å². The number of likely N-dealkylation sites (tertiary alicyclic amines) is 1. The fraction of sp³-hybridized carbons (Fsp3) is 0.810. The molecule has 30 heavy (non-hydrogen) atoms. The number of piperidine rings is 1. The number of amides is 3. The minimum Gasteiger partial charge on any atom is -0.467 e. The quantitative estimate of drug-likeness (QED) is 0.639. The van der Waals surface area contributed by atoms with E-state index in [4.69, 9.17) is 9.47 Å². The molecule has 3 rings (SSSR count). The van der Waals surface area contributed by atoms with Gasteiger partial charge in [0.25, 0.3) is 0 Å². The molecule has 2 aliphatic heterocycles. The SMILES string of the molecule is COC(=O)C(CC1CCNC1=O)NC(=O)[C@@H]1[C@H]2[C@H](CN1C(=O)OC(C)(C)C)C2(C)C. The third-order valence-electron chi connectivity index (χ3n) is 6.59. The van der Waals surface area contributed by atoms with E-state index < -0.39 is 35.7 Å². The molecule has 0 bridgehead atoms. The van der Waals surface area contributed by atoms with Crippen molar-refractivity contribution in [1.82, 2.24) is 15.5 Å². The molecule has 3 fully saturated rings. The van der Waals surface area contributed by atoms with Gasteiger partial charge >= 0.3 is 12.1 Å². The van der Waals surface area contributed by atoms with Gasteiger partial charge in [-0.3, -0.25) is 14.5 Å². The molecule has 0 aromatic heterocycles. The van der Waals surface area contributed by atoms with Crippen molar-refractivity contribution in [1.29, 1.82) is 0 Å². The molecule has 2 heterocycles. The van der Waals surface area contributed by atoms with Crippen molar-refractivity contribution in [3.63, 3.8) is 0 Å². The fourth-order valence-electron chi connectivity index (χ4n) is 4.86. The molecule has 2 unspecified atom stereocenters. The molecule has 1 saturated carbocycles. The Labute approximate surface area is 177 Å². The highest BCUT2D eigenvalue weighted by atomic mass is 16.6. The fourth-order valence-corrected chi connectivity index (χ4v) is 4.86. The molecule has 2 saturated heterocycles. The number of fused-ring (bicyclic) bond motifs is 1. The molecule has 3 amide bonds. The summed E-state index contributed by atoms with van der Waals surface area (Å²) < 4.78 is 10.3. The zero-order chi connectivity index (χ0) is 22.4. The van der Waals surface area contributed by atoms with Crippen LogP contribution in [0.2, 0.25) is 0 Å². The van der Waals surface area contributed by atoms with Crippen LogP contribution >= 0.6 is 0 Å². The number of methoxy groups -OCH3 is 1.